The third-order valence-corrected chi connectivity index (χ3v) is 2.54. The lowest BCUT2D eigenvalue weighted by Gasteiger charge is -2.22. The number of benzene rings is 1. The molecule has 0 heterocycles. The van der Waals surface area contributed by atoms with Gasteiger partial charge in [-0.3, -0.25) is 4.79 Å². The fourth-order valence-corrected chi connectivity index (χ4v) is 1.64. The minimum Gasteiger partial charge on any atom is -0.459 e. The zero-order valence-electron chi connectivity index (χ0n) is 11.5. The first-order valence-electron chi connectivity index (χ1n) is 5.84. The van der Waals surface area contributed by atoms with E-state index in [2.05, 4.69) is 0 Å². The number of ether oxygens (including phenoxy) is 1. The summed E-state index contributed by atoms with van der Waals surface area (Å²) in [6.07, 6.45) is 0. The molecule has 1 aromatic carbocycles. The lowest BCUT2D eigenvalue weighted by atomic mass is 9.95. The quantitative estimate of drug-likeness (QED) is 0.658. The molecule has 2 N–H and O–H groups in total. The van der Waals surface area contributed by atoms with Gasteiger partial charge in [0, 0.05) is 0 Å². The Morgan fingerprint density at radius 1 is 1.47 bits per heavy atom. The van der Waals surface area contributed by atoms with Crippen molar-refractivity contribution in [2.45, 2.75) is 39.2 Å². The molecule has 19 heavy (non-hydrogen) atoms. The number of hydrogen-bond acceptors (Lipinski definition) is 4. The van der Waals surface area contributed by atoms with Crippen LogP contribution in [0.2, 0.25) is 0 Å². The molecule has 1 rings (SSSR count). The first-order chi connectivity index (χ1) is 8.67. The summed E-state index contributed by atoms with van der Waals surface area (Å²) in [5.74, 6) is -2.46. The maximum absolute atomic E-state index is 13.7. The van der Waals surface area contributed by atoms with Gasteiger partial charge in [-0.15, -0.1) is 0 Å². The third-order valence-electron chi connectivity index (χ3n) is 2.54. The zero-order chi connectivity index (χ0) is 14.8. The number of nitriles is 1. The first kappa shape index (κ1) is 15.0. The van der Waals surface area contributed by atoms with Gasteiger partial charge >= 0.3 is 5.97 Å². The Morgan fingerprint density at radius 3 is 2.53 bits per heavy atom. The predicted molar refractivity (Wildman–Crippen MR) is 69.7 cm³/mol. The van der Waals surface area contributed by atoms with Crippen molar-refractivity contribution in [1.29, 1.82) is 5.26 Å². The van der Waals surface area contributed by atoms with Crippen molar-refractivity contribution < 1.29 is 13.9 Å². The molecule has 0 fully saturated rings. The van der Waals surface area contributed by atoms with Crippen molar-refractivity contribution >= 4 is 11.7 Å². The van der Waals surface area contributed by atoms with E-state index < -0.39 is 23.3 Å². The molecule has 1 unspecified atom stereocenters. The third kappa shape index (κ3) is 3.44. The molecule has 0 radical (unpaired) electrons. The highest BCUT2D eigenvalue weighted by Gasteiger charge is 2.28. The van der Waals surface area contributed by atoms with Crippen LogP contribution in [-0.4, -0.2) is 11.6 Å². The number of nitrogens with zero attached hydrogens (tertiary/aromatic N) is 1. The number of rotatable bonds is 2. The molecule has 1 atom stereocenters. The highest BCUT2D eigenvalue weighted by molar-refractivity contribution is 5.82. The fraction of sp³-hybridized carbons (Fsp3) is 0.429. The standard InChI is InChI=1S/C14H17FN2O2/c1-8-9(5-6-11(17)12(8)15)10(7-16)13(18)19-14(2,3)4/h5-6,10H,17H2,1-4H3. The van der Waals surface area contributed by atoms with Crippen molar-refractivity contribution in [3.8, 4) is 6.07 Å². The van der Waals surface area contributed by atoms with E-state index in [9.17, 15) is 9.18 Å². The van der Waals surface area contributed by atoms with Crippen LogP contribution in [0.3, 0.4) is 0 Å². The first-order valence-corrected chi connectivity index (χ1v) is 5.84. The molecule has 0 bridgehead atoms. The number of esters is 1. The highest BCUT2D eigenvalue weighted by Crippen LogP contribution is 2.27. The van der Waals surface area contributed by atoms with Crippen LogP contribution in [0, 0.1) is 24.1 Å². The van der Waals surface area contributed by atoms with E-state index in [1.54, 1.807) is 20.8 Å². The minimum atomic E-state index is -1.16. The van der Waals surface area contributed by atoms with Crippen LogP contribution in [0.1, 0.15) is 37.8 Å². The molecule has 0 saturated heterocycles. The molecule has 4 nitrogen and oxygen atoms in total. The van der Waals surface area contributed by atoms with Crippen LogP contribution in [0.25, 0.3) is 0 Å². The number of nitrogens with two attached hydrogens (primary N) is 1. The molecule has 1 aromatic rings. The van der Waals surface area contributed by atoms with Crippen LogP contribution in [0.5, 0.6) is 0 Å². The van der Waals surface area contributed by atoms with Gasteiger partial charge in [-0.05, 0) is 44.9 Å². The summed E-state index contributed by atoms with van der Waals surface area (Å²) in [4.78, 5) is 11.9. The summed E-state index contributed by atoms with van der Waals surface area (Å²) in [5.41, 5.74) is 5.19. The summed E-state index contributed by atoms with van der Waals surface area (Å²) >= 11 is 0. The second kappa shape index (κ2) is 5.27. The SMILES string of the molecule is Cc1c(C(C#N)C(=O)OC(C)(C)C)ccc(N)c1F. The van der Waals surface area contributed by atoms with E-state index >= 15 is 0 Å². The van der Waals surface area contributed by atoms with Crippen molar-refractivity contribution in [3.05, 3.63) is 29.1 Å². The number of hydrogen-bond donors (Lipinski definition) is 1. The number of carbonyl (C=O) groups is 1. The largest absolute Gasteiger partial charge is 0.459 e. The van der Waals surface area contributed by atoms with Gasteiger partial charge in [-0.1, -0.05) is 6.07 Å². The van der Waals surface area contributed by atoms with E-state index in [4.69, 9.17) is 15.7 Å². The molecule has 5 heteroatoms. The lowest BCUT2D eigenvalue weighted by Crippen LogP contribution is -2.27. The molecule has 102 valence electrons. The van der Waals surface area contributed by atoms with Gasteiger partial charge in [0.25, 0.3) is 0 Å². The van der Waals surface area contributed by atoms with Gasteiger partial charge in [-0.2, -0.15) is 5.26 Å². The van der Waals surface area contributed by atoms with E-state index in [1.165, 1.54) is 19.1 Å². The van der Waals surface area contributed by atoms with Crippen LogP contribution in [0.4, 0.5) is 10.1 Å². The van der Waals surface area contributed by atoms with Crippen LogP contribution < -0.4 is 5.73 Å². The fourth-order valence-electron chi connectivity index (χ4n) is 1.64. The van der Waals surface area contributed by atoms with Gasteiger partial charge < -0.3 is 10.5 Å². The van der Waals surface area contributed by atoms with Crippen LogP contribution in [-0.2, 0) is 9.53 Å². The monoisotopic (exact) mass is 264 g/mol. The Labute approximate surface area is 112 Å². The Morgan fingerprint density at radius 2 is 2.05 bits per heavy atom. The number of anilines is 1. The van der Waals surface area contributed by atoms with Crippen molar-refractivity contribution in [2.24, 2.45) is 0 Å². The van der Waals surface area contributed by atoms with E-state index in [0.717, 1.165) is 0 Å². The Bertz CT molecular complexity index is 542. The summed E-state index contributed by atoms with van der Waals surface area (Å²) in [6, 6.07) is 4.66. The second-order valence-corrected chi connectivity index (χ2v) is 5.28. The maximum Gasteiger partial charge on any atom is 0.328 e. The molecule has 0 saturated carbocycles. The summed E-state index contributed by atoms with van der Waals surface area (Å²) in [7, 11) is 0. The number of halogens is 1. The van der Waals surface area contributed by atoms with Crippen molar-refractivity contribution in [1.82, 2.24) is 0 Å². The number of carbonyl (C=O) groups excluding carboxylic acids is 1. The van der Waals surface area contributed by atoms with Gasteiger partial charge in [0.05, 0.1) is 11.8 Å². The average molecular weight is 264 g/mol. The van der Waals surface area contributed by atoms with Gasteiger partial charge in [0.1, 0.15) is 11.4 Å². The number of nitrogen functional groups attached to an aromatic ring is 1. The van der Waals surface area contributed by atoms with E-state index in [0.29, 0.717) is 0 Å². The van der Waals surface area contributed by atoms with Gasteiger partial charge in [0.2, 0.25) is 0 Å². The molecule has 0 aliphatic heterocycles. The summed E-state index contributed by atoms with van der Waals surface area (Å²) < 4.78 is 18.9. The average Bonchev–Trinajstić information content (AvgIpc) is 2.27. The van der Waals surface area contributed by atoms with E-state index in [-0.39, 0.29) is 16.8 Å². The Hall–Kier alpha value is -2.09. The summed E-state index contributed by atoms with van der Waals surface area (Å²) in [6.45, 7) is 6.59. The maximum atomic E-state index is 13.7. The molecule has 0 aliphatic carbocycles. The van der Waals surface area contributed by atoms with Crippen LogP contribution in [0.15, 0.2) is 12.1 Å². The Balaban J connectivity index is 3.16. The molecular weight excluding hydrogens is 247 g/mol. The Kier molecular flexibility index (Phi) is 4.15. The predicted octanol–water partition coefficient (Wildman–Crippen LogP) is 2.67. The van der Waals surface area contributed by atoms with Crippen molar-refractivity contribution in [2.75, 3.05) is 5.73 Å². The molecule has 0 aliphatic rings. The zero-order valence-corrected chi connectivity index (χ0v) is 11.5. The van der Waals surface area contributed by atoms with Crippen LogP contribution >= 0.6 is 0 Å². The normalized spacial score (nSPS) is 12.6. The molecule has 0 aromatic heterocycles. The molecule has 0 spiro atoms. The lowest BCUT2D eigenvalue weighted by molar-refractivity contribution is -0.155. The minimum absolute atomic E-state index is 0.0119. The van der Waals surface area contributed by atoms with Gasteiger partial charge in [-0.25, -0.2) is 4.39 Å². The topological polar surface area (TPSA) is 76.1 Å². The smallest absolute Gasteiger partial charge is 0.328 e. The van der Waals surface area contributed by atoms with E-state index in [1.807, 2.05) is 6.07 Å². The summed E-state index contributed by atoms with van der Waals surface area (Å²) in [5, 5.41) is 9.13. The molecule has 0 amide bonds. The second-order valence-electron chi connectivity index (χ2n) is 5.28. The molecular formula is C14H17FN2O2. The highest BCUT2D eigenvalue weighted by atomic mass is 19.1. The van der Waals surface area contributed by atoms with Crippen molar-refractivity contribution in [3.63, 3.8) is 0 Å². The van der Waals surface area contributed by atoms with Gasteiger partial charge in [0.15, 0.2) is 5.92 Å².